The molecule has 4 fully saturated rings. The number of benzene rings is 1. The highest BCUT2D eigenvalue weighted by Gasteiger charge is 2.51. The maximum Gasteiger partial charge on any atom is 0.310 e. The second-order valence-electron chi connectivity index (χ2n) is 8.51. The molecule has 0 radical (unpaired) electrons. The predicted octanol–water partition coefficient (Wildman–Crippen LogP) is 3.17. The average molecular weight is 341 g/mol. The molecule has 0 spiro atoms. The lowest BCUT2D eigenvalue weighted by molar-refractivity contribution is -0.149. The van der Waals surface area contributed by atoms with E-state index in [-0.39, 0.29) is 30.4 Å². The third-order valence-electron chi connectivity index (χ3n) is 6.40. The van der Waals surface area contributed by atoms with Crippen LogP contribution in [0.25, 0.3) is 0 Å². The van der Waals surface area contributed by atoms with Gasteiger partial charge in [-0.05, 0) is 74.3 Å². The Morgan fingerprint density at radius 1 is 1.08 bits per heavy atom. The van der Waals surface area contributed by atoms with Crippen LogP contribution in [0.1, 0.15) is 49.7 Å². The fraction of sp³-hybridized carbons (Fsp3) is 0.619. The zero-order chi connectivity index (χ0) is 17.4. The molecule has 0 saturated heterocycles. The molecule has 1 N–H and O–H groups in total. The summed E-state index contributed by atoms with van der Waals surface area (Å²) in [4.78, 5) is 24.4. The lowest BCUT2D eigenvalue weighted by Crippen LogP contribution is -2.60. The fourth-order valence-electron chi connectivity index (χ4n) is 5.76. The Kier molecular flexibility index (Phi) is 4.30. The highest BCUT2D eigenvalue weighted by Crippen LogP contribution is 2.55. The van der Waals surface area contributed by atoms with Crippen molar-refractivity contribution in [2.75, 3.05) is 6.61 Å². The van der Waals surface area contributed by atoms with Crippen molar-refractivity contribution in [3.05, 3.63) is 35.4 Å². The Morgan fingerprint density at radius 2 is 1.68 bits per heavy atom. The summed E-state index contributed by atoms with van der Waals surface area (Å²) in [6, 6.07) is 7.76. The molecule has 5 rings (SSSR count). The Labute approximate surface area is 149 Å². The summed E-state index contributed by atoms with van der Waals surface area (Å²) in [6.45, 7) is 1.81. The largest absolute Gasteiger partial charge is 0.455 e. The van der Waals surface area contributed by atoms with Crippen LogP contribution in [0, 0.1) is 24.7 Å². The minimum atomic E-state index is -0.338. The molecule has 25 heavy (non-hydrogen) atoms. The Bertz CT molecular complexity index is 646. The van der Waals surface area contributed by atoms with Crippen LogP contribution in [0.3, 0.4) is 0 Å². The van der Waals surface area contributed by atoms with Crippen LogP contribution in [0.5, 0.6) is 0 Å². The van der Waals surface area contributed by atoms with E-state index >= 15 is 0 Å². The molecular weight excluding hydrogens is 314 g/mol. The molecule has 4 aliphatic carbocycles. The van der Waals surface area contributed by atoms with Crippen molar-refractivity contribution in [3.63, 3.8) is 0 Å². The van der Waals surface area contributed by atoms with E-state index in [4.69, 9.17) is 4.74 Å². The molecule has 4 nitrogen and oxygen atoms in total. The van der Waals surface area contributed by atoms with Gasteiger partial charge in [-0.25, -0.2) is 0 Å². The van der Waals surface area contributed by atoms with Crippen molar-refractivity contribution < 1.29 is 14.3 Å². The second-order valence-corrected chi connectivity index (χ2v) is 8.51. The van der Waals surface area contributed by atoms with Gasteiger partial charge < -0.3 is 10.1 Å². The summed E-state index contributed by atoms with van der Waals surface area (Å²) in [5.74, 6) is 1.88. The van der Waals surface area contributed by atoms with Crippen LogP contribution in [0.15, 0.2) is 24.3 Å². The van der Waals surface area contributed by atoms with E-state index in [9.17, 15) is 9.59 Å². The van der Waals surface area contributed by atoms with Crippen LogP contribution < -0.4 is 5.32 Å². The maximum atomic E-state index is 12.4. The Morgan fingerprint density at radius 3 is 2.28 bits per heavy atom. The van der Waals surface area contributed by atoms with Gasteiger partial charge in [-0.2, -0.15) is 0 Å². The van der Waals surface area contributed by atoms with Crippen molar-refractivity contribution in [1.29, 1.82) is 0 Å². The first-order valence-electron chi connectivity index (χ1n) is 9.52. The van der Waals surface area contributed by atoms with Gasteiger partial charge in [-0.15, -0.1) is 0 Å². The Hall–Kier alpha value is -1.84. The van der Waals surface area contributed by atoms with Gasteiger partial charge in [-0.3, -0.25) is 9.59 Å². The molecule has 4 saturated carbocycles. The van der Waals surface area contributed by atoms with Crippen LogP contribution in [0.2, 0.25) is 0 Å². The first-order valence-corrected chi connectivity index (χ1v) is 9.52. The van der Waals surface area contributed by atoms with E-state index in [2.05, 4.69) is 5.32 Å². The van der Waals surface area contributed by atoms with Crippen molar-refractivity contribution in [2.45, 2.75) is 57.4 Å². The fourth-order valence-corrected chi connectivity index (χ4v) is 5.76. The third-order valence-corrected chi connectivity index (χ3v) is 6.40. The zero-order valence-electron chi connectivity index (χ0n) is 14.9. The SMILES string of the molecule is Cc1ccccc1CC(=O)OCC(=O)NC12CC3CC(CC(C3)C1)C2. The number of carbonyl (C=O) groups excluding carboxylic acids is 2. The number of amides is 1. The molecule has 4 bridgehead atoms. The topological polar surface area (TPSA) is 55.4 Å². The molecular formula is C21H27NO3. The second kappa shape index (κ2) is 6.47. The first kappa shape index (κ1) is 16.6. The van der Waals surface area contributed by atoms with Gasteiger partial charge in [0.15, 0.2) is 6.61 Å². The molecule has 1 aromatic rings. The molecule has 0 unspecified atom stereocenters. The summed E-state index contributed by atoms with van der Waals surface area (Å²) >= 11 is 0. The molecule has 0 aromatic heterocycles. The normalized spacial score (nSPS) is 32.4. The minimum absolute atomic E-state index is 0.0196. The highest BCUT2D eigenvalue weighted by molar-refractivity contribution is 5.82. The molecule has 0 aliphatic heterocycles. The predicted molar refractivity (Wildman–Crippen MR) is 94.9 cm³/mol. The van der Waals surface area contributed by atoms with E-state index in [0.717, 1.165) is 48.1 Å². The molecule has 0 heterocycles. The quantitative estimate of drug-likeness (QED) is 0.837. The smallest absolute Gasteiger partial charge is 0.310 e. The lowest BCUT2D eigenvalue weighted by Gasteiger charge is -2.56. The molecule has 4 heteroatoms. The summed E-state index contributed by atoms with van der Waals surface area (Å²) in [6.07, 6.45) is 7.60. The lowest BCUT2D eigenvalue weighted by atomic mass is 9.53. The van der Waals surface area contributed by atoms with Gasteiger partial charge in [0, 0.05) is 5.54 Å². The number of carbonyl (C=O) groups is 2. The number of aryl methyl sites for hydroxylation is 1. The van der Waals surface area contributed by atoms with Crippen LogP contribution >= 0.6 is 0 Å². The minimum Gasteiger partial charge on any atom is -0.455 e. The van der Waals surface area contributed by atoms with Crippen LogP contribution in [-0.4, -0.2) is 24.0 Å². The van der Waals surface area contributed by atoms with E-state index in [1.807, 2.05) is 31.2 Å². The summed E-state index contributed by atoms with van der Waals surface area (Å²) in [5, 5.41) is 3.24. The van der Waals surface area contributed by atoms with Gasteiger partial charge >= 0.3 is 5.97 Å². The van der Waals surface area contributed by atoms with E-state index < -0.39 is 0 Å². The number of hydrogen-bond donors (Lipinski definition) is 1. The third kappa shape index (κ3) is 3.58. The number of rotatable bonds is 5. The standard InChI is InChI=1S/C21H27NO3/c1-14-4-2-3-5-18(14)9-20(24)25-13-19(23)22-21-10-15-6-16(11-21)8-17(7-15)12-21/h2-5,15-17H,6-13H2,1H3,(H,22,23). The highest BCUT2D eigenvalue weighted by atomic mass is 16.5. The number of esters is 1. The summed E-state index contributed by atoms with van der Waals surface area (Å²) in [7, 11) is 0. The van der Waals surface area contributed by atoms with Crippen LogP contribution in [0.4, 0.5) is 0 Å². The summed E-state index contributed by atoms with van der Waals surface area (Å²) < 4.78 is 5.23. The van der Waals surface area contributed by atoms with Crippen molar-refractivity contribution in [1.82, 2.24) is 5.32 Å². The van der Waals surface area contributed by atoms with Gasteiger partial charge in [-0.1, -0.05) is 24.3 Å². The average Bonchev–Trinajstić information content (AvgIpc) is 2.53. The van der Waals surface area contributed by atoms with Crippen molar-refractivity contribution in [3.8, 4) is 0 Å². The van der Waals surface area contributed by atoms with Crippen molar-refractivity contribution >= 4 is 11.9 Å². The van der Waals surface area contributed by atoms with Gasteiger partial charge in [0.2, 0.25) is 0 Å². The van der Waals surface area contributed by atoms with Crippen molar-refractivity contribution in [2.24, 2.45) is 17.8 Å². The van der Waals surface area contributed by atoms with E-state index in [1.54, 1.807) is 0 Å². The molecule has 1 amide bonds. The molecule has 1 aromatic carbocycles. The molecule has 134 valence electrons. The van der Waals surface area contributed by atoms with Crippen LogP contribution in [-0.2, 0) is 20.7 Å². The number of nitrogens with one attached hydrogen (secondary N) is 1. The monoisotopic (exact) mass is 341 g/mol. The number of hydrogen-bond acceptors (Lipinski definition) is 3. The van der Waals surface area contributed by atoms with Gasteiger partial charge in [0.05, 0.1) is 6.42 Å². The van der Waals surface area contributed by atoms with E-state index in [0.29, 0.717) is 0 Å². The van der Waals surface area contributed by atoms with E-state index in [1.165, 1.54) is 19.3 Å². The Balaban J connectivity index is 1.28. The maximum absolute atomic E-state index is 12.4. The first-order chi connectivity index (χ1) is 12.0. The molecule has 0 atom stereocenters. The van der Waals surface area contributed by atoms with Gasteiger partial charge in [0.25, 0.3) is 5.91 Å². The zero-order valence-corrected chi connectivity index (χ0v) is 14.9. The molecule has 4 aliphatic rings. The number of ether oxygens (including phenoxy) is 1. The summed E-state index contributed by atoms with van der Waals surface area (Å²) in [5.41, 5.74) is 2.00. The van der Waals surface area contributed by atoms with Gasteiger partial charge in [0.1, 0.15) is 0 Å².